The van der Waals surface area contributed by atoms with E-state index < -0.39 is 0 Å². The highest BCUT2D eigenvalue weighted by Gasteiger charge is 2.35. The minimum atomic E-state index is 0.566. The van der Waals surface area contributed by atoms with Crippen molar-refractivity contribution in [1.82, 2.24) is 0 Å². The molecule has 1 fully saturated rings. The highest BCUT2D eigenvalue weighted by molar-refractivity contribution is 6.31. The van der Waals surface area contributed by atoms with Gasteiger partial charge in [-0.3, -0.25) is 0 Å². The first-order chi connectivity index (χ1) is 13.8. The second-order valence-corrected chi connectivity index (χ2v) is 8.27. The zero-order valence-electron chi connectivity index (χ0n) is 16.2. The predicted octanol–water partition coefficient (Wildman–Crippen LogP) is 3.04. The maximum atomic E-state index is 6.38. The standard InChI is InChI=1S/C25H27ClN2/c26-24-14-8-7-13-22(24)17-27-25-15-16-28(18-20-9-3-1-4-10-20)19-23(25)21-11-5-2-6-12-21/h1-14,23,25,27H,15-19H2/p+2/t23-,25+/m0/s1. The molecule has 144 valence electrons. The molecule has 0 aliphatic carbocycles. The van der Waals surface area contributed by atoms with Crippen LogP contribution in [0.5, 0.6) is 0 Å². The molecule has 1 heterocycles. The summed E-state index contributed by atoms with van der Waals surface area (Å²) in [7, 11) is 0. The number of hydrogen-bond donors (Lipinski definition) is 2. The van der Waals surface area contributed by atoms with E-state index in [0.29, 0.717) is 12.0 Å². The molecule has 1 saturated heterocycles. The van der Waals surface area contributed by atoms with E-state index in [0.717, 1.165) is 18.1 Å². The number of likely N-dealkylation sites (tertiary alicyclic amines) is 1. The molecule has 1 aliphatic heterocycles. The fourth-order valence-corrected chi connectivity index (χ4v) is 4.68. The Balaban J connectivity index is 1.47. The lowest BCUT2D eigenvalue weighted by Crippen LogP contribution is -3.14. The van der Waals surface area contributed by atoms with Crippen molar-refractivity contribution in [3.63, 3.8) is 0 Å². The number of hydrogen-bond acceptors (Lipinski definition) is 0. The van der Waals surface area contributed by atoms with Gasteiger partial charge in [0, 0.05) is 22.6 Å². The molecule has 28 heavy (non-hydrogen) atoms. The van der Waals surface area contributed by atoms with Gasteiger partial charge in [-0.15, -0.1) is 0 Å². The topological polar surface area (TPSA) is 21.1 Å². The minimum Gasteiger partial charge on any atom is -0.339 e. The van der Waals surface area contributed by atoms with Crippen LogP contribution in [0.15, 0.2) is 84.9 Å². The zero-order chi connectivity index (χ0) is 19.2. The quantitative estimate of drug-likeness (QED) is 0.643. The number of halogens is 1. The molecule has 1 aliphatic rings. The molecular formula is C25H29ClN2+2. The molecule has 3 N–H and O–H groups in total. The van der Waals surface area contributed by atoms with Crippen molar-refractivity contribution in [2.75, 3.05) is 13.1 Å². The highest BCUT2D eigenvalue weighted by atomic mass is 35.5. The van der Waals surface area contributed by atoms with Crippen LogP contribution in [0.4, 0.5) is 0 Å². The molecule has 3 atom stereocenters. The maximum absolute atomic E-state index is 6.38. The Bertz CT molecular complexity index is 866. The first kappa shape index (κ1) is 19.2. The summed E-state index contributed by atoms with van der Waals surface area (Å²) in [5.41, 5.74) is 4.13. The fraction of sp³-hybridized carbons (Fsp3) is 0.280. The molecular weight excluding hydrogens is 364 g/mol. The van der Waals surface area contributed by atoms with Gasteiger partial charge in [0.05, 0.1) is 19.0 Å². The lowest BCUT2D eigenvalue weighted by Gasteiger charge is -2.35. The van der Waals surface area contributed by atoms with Crippen LogP contribution >= 0.6 is 11.6 Å². The first-order valence-corrected chi connectivity index (χ1v) is 10.7. The monoisotopic (exact) mass is 392 g/mol. The maximum Gasteiger partial charge on any atom is 0.104 e. The van der Waals surface area contributed by atoms with Crippen LogP contribution < -0.4 is 10.2 Å². The van der Waals surface area contributed by atoms with Gasteiger partial charge < -0.3 is 10.2 Å². The summed E-state index contributed by atoms with van der Waals surface area (Å²) >= 11 is 6.38. The molecule has 3 aromatic carbocycles. The number of quaternary nitrogens is 2. The van der Waals surface area contributed by atoms with E-state index in [2.05, 4.69) is 78.1 Å². The molecule has 0 aromatic heterocycles. The number of nitrogens with one attached hydrogen (secondary N) is 1. The van der Waals surface area contributed by atoms with Gasteiger partial charge in [0.2, 0.25) is 0 Å². The number of benzene rings is 3. The van der Waals surface area contributed by atoms with Crippen molar-refractivity contribution >= 4 is 11.6 Å². The predicted molar refractivity (Wildman–Crippen MR) is 116 cm³/mol. The molecule has 3 aromatic rings. The summed E-state index contributed by atoms with van der Waals surface area (Å²) in [6.45, 7) is 4.47. The Labute approximate surface area is 173 Å². The van der Waals surface area contributed by atoms with E-state index in [-0.39, 0.29) is 0 Å². The van der Waals surface area contributed by atoms with Crippen molar-refractivity contribution in [3.05, 3.63) is 107 Å². The van der Waals surface area contributed by atoms with Gasteiger partial charge in [-0.05, 0) is 11.6 Å². The van der Waals surface area contributed by atoms with E-state index in [1.807, 2.05) is 12.1 Å². The number of piperidine rings is 1. The Morgan fingerprint density at radius 3 is 2.29 bits per heavy atom. The molecule has 0 bridgehead atoms. The van der Waals surface area contributed by atoms with E-state index >= 15 is 0 Å². The minimum absolute atomic E-state index is 0.566. The van der Waals surface area contributed by atoms with Crippen molar-refractivity contribution < 1.29 is 10.2 Å². The molecule has 0 spiro atoms. The van der Waals surface area contributed by atoms with Crippen LogP contribution in [-0.4, -0.2) is 19.1 Å². The fourth-order valence-electron chi connectivity index (χ4n) is 4.47. The van der Waals surface area contributed by atoms with E-state index in [4.69, 9.17) is 11.6 Å². The lowest BCUT2D eigenvalue weighted by molar-refractivity contribution is -0.928. The van der Waals surface area contributed by atoms with Crippen molar-refractivity contribution in [2.45, 2.75) is 31.5 Å². The van der Waals surface area contributed by atoms with Gasteiger partial charge in [0.25, 0.3) is 0 Å². The van der Waals surface area contributed by atoms with Crippen molar-refractivity contribution in [1.29, 1.82) is 0 Å². The lowest BCUT2D eigenvalue weighted by atomic mass is 9.85. The van der Waals surface area contributed by atoms with Gasteiger partial charge in [0.1, 0.15) is 19.1 Å². The summed E-state index contributed by atoms with van der Waals surface area (Å²) in [6, 6.07) is 30.8. The highest BCUT2D eigenvalue weighted by Crippen LogP contribution is 2.21. The zero-order valence-corrected chi connectivity index (χ0v) is 17.0. The average Bonchev–Trinajstić information content (AvgIpc) is 2.75. The van der Waals surface area contributed by atoms with Crippen molar-refractivity contribution in [2.24, 2.45) is 0 Å². The van der Waals surface area contributed by atoms with Crippen LogP contribution in [0.25, 0.3) is 0 Å². The van der Waals surface area contributed by atoms with Crippen LogP contribution in [0, 0.1) is 0 Å². The molecule has 3 heteroatoms. The third kappa shape index (κ3) is 4.82. The Hall–Kier alpha value is -2.13. The SMILES string of the molecule is Clc1ccccc1C[NH2+][C@@H]1CC[NH+](Cc2ccccc2)C[C@H]1c1ccccc1. The number of rotatable bonds is 6. The van der Waals surface area contributed by atoms with E-state index in [1.54, 1.807) is 4.90 Å². The average molecular weight is 393 g/mol. The summed E-state index contributed by atoms with van der Waals surface area (Å²) in [5.74, 6) is 0.566. The van der Waals surface area contributed by atoms with Crippen LogP contribution in [0.3, 0.4) is 0 Å². The number of nitrogens with two attached hydrogens (primary N) is 1. The molecule has 4 rings (SSSR count). The smallest absolute Gasteiger partial charge is 0.104 e. The van der Waals surface area contributed by atoms with Gasteiger partial charge in [-0.1, -0.05) is 90.5 Å². The largest absolute Gasteiger partial charge is 0.339 e. The molecule has 1 unspecified atom stereocenters. The van der Waals surface area contributed by atoms with Crippen LogP contribution in [0.1, 0.15) is 29.0 Å². The first-order valence-electron chi connectivity index (χ1n) is 10.3. The van der Waals surface area contributed by atoms with Crippen LogP contribution in [0.2, 0.25) is 5.02 Å². The summed E-state index contributed by atoms with van der Waals surface area (Å²) in [6.07, 6.45) is 1.23. The van der Waals surface area contributed by atoms with Gasteiger partial charge in [-0.2, -0.15) is 0 Å². The van der Waals surface area contributed by atoms with Gasteiger partial charge in [-0.25, -0.2) is 0 Å². The third-order valence-electron chi connectivity index (χ3n) is 5.98. The van der Waals surface area contributed by atoms with E-state index in [1.165, 1.54) is 36.2 Å². The van der Waals surface area contributed by atoms with Gasteiger partial charge >= 0.3 is 0 Å². The van der Waals surface area contributed by atoms with E-state index in [9.17, 15) is 0 Å². The molecule has 0 amide bonds. The summed E-state index contributed by atoms with van der Waals surface area (Å²) < 4.78 is 0. The molecule has 0 saturated carbocycles. The van der Waals surface area contributed by atoms with Crippen LogP contribution in [-0.2, 0) is 13.1 Å². The van der Waals surface area contributed by atoms with Crippen molar-refractivity contribution in [3.8, 4) is 0 Å². The molecule has 0 radical (unpaired) electrons. The third-order valence-corrected chi connectivity index (χ3v) is 6.35. The second-order valence-electron chi connectivity index (χ2n) is 7.87. The molecule has 2 nitrogen and oxygen atoms in total. The Morgan fingerprint density at radius 2 is 1.54 bits per heavy atom. The second kappa shape index (κ2) is 9.38. The van der Waals surface area contributed by atoms with Gasteiger partial charge in [0.15, 0.2) is 0 Å². The Morgan fingerprint density at radius 1 is 0.857 bits per heavy atom. The Kier molecular flexibility index (Phi) is 6.43. The summed E-state index contributed by atoms with van der Waals surface area (Å²) in [4.78, 5) is 1.68. The summed E-state index contributed by atoms with van der Waals surface area (Å²) in [5, 5.41) is 3.39. The normalized spacial score (nSPS) is 22.1.